The molecular formula is C17H27NO3. The molecule has 0 aliphatic carbocycles. The van der Waals surface area contributed by atoms with Gasteiger partial charge in [0.1, 0.15) is 17.9 Å². The van der Waals surface area contributed by atoms with Crippen LogP contribution in [0.1, 0.15) is 51.5 Å². The van der Waals surface area contributed by atoms with Crippen LogP contribution in [0, 0.1) is 0 Å². The van der Waals surface area contributed by atoms with Crippen LogP contribution < -0.4 is 5.73 Å². The Hall–Kier alpha value is -1.55. The number of carbonyl (C=O) groups is 1. The lowest BCUT2D eigenvalue weighted by Gasteiger charge is -2.19. The zero-order chi connectivity index (χ0) is 15.7. The number of benzene rings is 1. The number of aromatic hydroxyl groups is 1. The summed E-state index contributed by atoms with van der Waals surface area (Å²) in [7, 11) is 0. The number of ether oxygens (including phenoxy) is 1. The first-order valence-electron chi connectivity index (χ1n) is 7.80. The second-order valence-electron chi connectivity index (χ2n) is 5.44. The number of rotatable bonds is 9. The Bertz CT molecular complexity index is 417. The highest BCUT2D eigenvalue weighted by Crippen LogP contribution is 2.13. The van der Waals surface area contributed by atoms with Gasteiger partial charge in [-0.15, -0.1) is 0 Å². The van der Waals surface area contributed by atoms with Crippen molar-refractivity contribution < 1.29 is 14.6 Å². The van der Waals surface area contributed by atoms with E-state index in [0.717, 1.165) is 37.7 Å². The maximum Gasteiger partial charge on any atom is 0.323 e. The van der Waals surface area contributed by atoms with Crippen molar-refractivity contribution in [3.63, 3.8) is 0 Å². The molecule has 4 heteroatoms. The van der Waals surface area contributed by atoms with E-state index >= 15 is 0 Å². The van der Waals surface area contributed by atoms with Crippen molar-refractivity contribution in [3.8, 4) is 5.75 Å². The number of unbranched alkanes of at least 4 members (excludes halogenated alkanes) is 2. The molecule has 0 heterocycles. The van der Waals surface area contributed by atoms with Crippen LogP contribution >= 0.6 is 0 Å². The summed E-state index contributed by atoms with van der Waals surface area (Å²) < 4.78 is 5.49. The Morgan fingerprint density at radius 3 is 2.48 bits per heavy atom. The van der Waals surface area contributed by atoms with Gasteiger partial charge in [0.25, 0.3) is 0 Å². The van der Waals surface area contributed by atoms with Crippen LogP contribution in [0.25, 0.3) is 0 Å². The maximum atomic E-state index is 12.0. The number of nitrogens with two attached hydrogens (primary N) is 1. The molecule has 0 aliphatic heterocycles. The Balaban J connectivity index is 2.43. The molecule has 0 aliphatic rings. The molecule has 0 aromatic heterocycles. The van der Waals surface area contributed by atoms with E-state index in [1.54, 1.807) is 24.3 Å². The van der Waals surface area contributed by atoms with Gasteiger partial charge in [-0.05, 0) is 43.4 Å². The molecular weight excluding hydrogens is 266 g/mol. The van der Waals surface area contributed by atoms with E-state index in [4.69, 9.17) is 10.5 Å². The van der Waals surface area contributed by atoms with E-state index in [-0.39, 0.29) is 17.8 Å². The molecule has 0 fully saturated rings. The van der Waals surface area contributed by atoms with Crippen LogP contribution in [0.3, 0.4) is 0 Å². The van der Waals surface area contributed by atoms with Crippen molar-refractivity contribution in [1.82, 2.24) is 0 Å². The number of phenolic OH excluding ortho intramolecular Hbond substituents is 1. The Kier molecular flexibility index (Phi) is 7.83. The van der Waals surface area contributed by atoms with Crippen LogP contribution in [0.4, 0.5) is 0 Å². The average Bonchev–Trinajstić information content (AvgIpc) is 2.48. The minimum absolute atomic E-state index is 0.0325. The summed E-state index contributed by atoms with van der Waals surface area (Å²) in [5.41, 5.74) is 6.82. The van der Waals surface area contributed by atoms with E-state index in [9.17, 15) is 9.90 Å². The predicted octanol–water partition coefficient (Wildman–Crippen LogP) is 3.16. The topological polar surface area (TPSA) is 72.5 Å². The fraction of sp³-hybridized carbons (Fsp3) is 0.588. The molecule has 0 amide bonds. The largest absolute Gasteiger partial charge is 0.508 e. The van der Waals surface area contributed by atoms with Gasteiger partial charge in [0, 0.05) is 0 Å². The van der Waals surface area contributed by atoms with Crippen molar-refractivity contribution in [1.29, 1.82) is 0 Å². The van der Waals surface area contributed by atoms with Crippen LogP contribution in [0.15, 0.2) is 24.3 Å². The minimum Gasteiger partial charge on any atom is -0.508 e. The fourth-order valence-electron chi connectivity index (χ4n) is 2.19. The monoisotopic (exact) mass is 293 g/mol. The average molecular weight is 293 g/mol. The van der Waals surface area contributed by atoms with Crippen molar-refractivity contribution >= 4 is 5.97 Å². The normalized spacial score (nSPS) is 13.7. The molecule has 0 spiro atoms. The predicted molar refractivity (Wildman–Crippen MR) is 84.1 cm³/mol. The Morgan fingerprint density at radius 2 is 1.90 bits per heavy atom. The van der Waals surface area contributed by atoms with Crippen molar-refractivity contribution in [3.05, 3.63) is 29.8 Å². The van der Waals surface area contributed by atoms with E-state index in [0.29, 0.717) is 6.42 Å². The second-order valence-corrected chi connectivity index (χ2v) is 5.44. The van der Waals surface area contributed by atoms with Gasteiger partial charge < -0.3 is 15.6 Å². The third-order valence-corrected chi connectivity index (χ3v) is 3.56. The lowest BCUT2D eigenvalue weighted by molar-refractivity contribution is -0.151. The van der Waals surface area contributed by atoms with Crippen LogP contribution in [-0.4, -0.2) is 23.2 Å². The summed E-state index contributed by atoms with van der Waals surface area (Å²) in [5, 5.41) is 9.23. The molecule has 1 unspecified atom stereocenters. The molecule has 0 radical (unpaired) electrons. The highest BCUT2D eigenvalue weighted by atomic mass is 16.5. The van der Waals surface area contributed by atoms with Gasteiger partial charge >= 0.3 is 5.97 Å². The number of carbonyl (C=O) groups excluding carboxylic acids is 1. The number of hydrogen-bond acceptors (Lipinski definition) is 4. The molecule has 1 aromatic rings. The maximum absolute atomic E-state index is 12.0. The van der Waals surface area contributed by atoms with Gasteiger partial charge in [0.2, 0.25) is 0 Å². The van der Waals surface area contributed by atoms with E-state index in [1.807, 2.05) is 6.92 Å². The van der Waals surface area contributed by atoms with Gasteiger partial charge in [-0.25, -0.2) is 0 Å². The molecule has 21 heavy (non-hydrogen) atoms. The number of esters is 1. The standard InChI is InChI=1S/C17H27NO3/c1-3-5-6-7-15(4-2)21-17(20)16(18)12-13-8-10-14(19)11-9-13/h8-11,15-16,19H,3-7,12,18H2,1-2H3/t15?,16-/m0/s1. The molecule has 0 saturated carbocycles. The Morgan fingerprint density at radius 1 is 1.24 bits per heavy atom. The van der Waals surface area contributed by atoms with Crippen LogP contribution in [0.5, 0.6) is 5.75 Å². The summed E-state index contributed by atoms with van der Waals surface area (Å²) >= 11 is 0. The quantitative estimate of drug-likeness (QED) is 0.542. The zero-order valence-electron chi connectivity index (χ0n) is 13.0. The molecule has 0 saturated heterocycles. The number of phenols is 1. The lowest BCUT2D eigenvalue weighted by atomic mass is 10.1. The summed E-state index contributed by atoms with van der Waals surface area (Å²) in [6.45, 7) is 4.18. The number of hydrogen-bond donors (Lipinski definition) is 2. The molecule has 0 bridgehead atoms. The third kappa shape index (κ3) is 6.63. The Labute approximate surface area is 127 Å². The zero-order valence-corrected chi connectivity index (χ0v) is 13.0. The van der Waals surface area contributed by atoms with Crippen LogP contribution in [-0.2, 0) is 16.0 Å². The first kappa shape index (κ1) is 17.5. The highest BCUT2D eigenvalue weighted by Gasteiger charge is 2.19. The SMILES string of the molecule is CCCCCC(CC)OC(=O)[C@@H](N)Cc1ccc(O)cc1. The molecule has 1 rings (SSSR count). The highest BCUT2D eigenvalue weighted by molar-refractivity contribution is 5.76. The molecule has 3 N–H and O–H groups in total. The summed E-state index contributed by atoms with van der Waals surface area (Å²) in [6, 6.07) is 6.05. The first-order valence-corrected chi connectivity index (χ1v) is 7.80. The fourth-order valence-corrected chi connectivity index (χ4v) is 2.19. The van der Waals surface area contributed by atoms with Crippen molar-refractivity contribution in [2.24, 2.45) is 5.73 Å². The third-order valence-electron chi connectivity index (χ3n) is 3.56. The van der Waals surface area contributed by atoms with E-state index < -0.39 is 6.04 Å². The van der Waals surface area contributed by atoms with E-state index in [2.05, 4.69) is 6.92 Å². The summed E-state index contributed by atoms with van der Waals surface area (Å²) in [4.78, 5) is 12.0. The first-order chi connectivity index (χ1) is 10.1. The lowest BCUT2D eigenvalue weighted by Crippen LogP contribution is -2.36. The minimum atomic E-state index is -0.658. The smallest absolute Gasteiger partial charge is 0.323 e. The van der Waals surface area contributed by atoms with Gasteiger partial charge in [-0.2, -0.15) is 0 Å². The van der Waals surface area contributed by atoms with Gasteiger partial charge in [-0.3, -0.25) is 4.79 Å². The summed E-state index contributed by atoms with van der Waals surface area (Å²) in [5.74, 6) is -0.136. The van der Waals surface area contributed by atoms with Gasteiger partial charge in [-0.1, -0.05) is 38.8 Å². The van der Waals surface area contributed by atoms with Crippen molar-refractivity contribution in [2.75, 3.05) is 0 Å². The molecule has 118 valence electrons. The van der Waals surface area contributed by atoms with Gasteiger partial charge in [0.05, 0.1) is 0 Å². The van der Waals surface area contributed by atoms with Gasteiger partial charge in [0.15, 0.2) is 0 Å². The van der Waals surface area contributed by atoms with Crippen LogP contribution in [0.2, 0.25) is 0 Å². The second kappa shape index (κ2) is 9.40. The molecule has 2 atom stereocenters. The summed E-state index contributed by atoms with van der Waals surface area (Å²) in [6.07, 6.45) is 5.51. The molecule has 4 nitrogen and oxygen atoms in total. The molecule has 1 aromatic carbocycles. The van der Waals surface area contributed by atoms with Crippen molar-refractivity contribution in [2.45, 2.75) is 64.5 Å². The van der Waals surface area contributed by atoms with E-state index in [1.165, 1.54) is 0 Å².